The minimum absolute atomic E-state index is 0.117. The Morgan fingerprint density at radius 2 is 1.55 bits per heavy atom. The zero-order valence-corrected chi connectivity index (χ0v) is 12.6. The van der Waals surface area contributed by atoms with Gasteiger partial charge >= 0.3 is 0 Å². The van der Waals surface area contributed by atoms with E-state index in [2.05, 4.69) is 61.6 Å². The lowest BCUT2D eigenvalue weighted by Crippen LogP contribution is -2.40. The second kappa shape index (κ2) is 6.84. The number of ether oxygens (including phenoxy) is 2. The van der Waals surface area contributed by atoms with Crippen molar-refractivity contribution in [3.8, 4) is 0 Å². The molecule has 2 rings (SSSR count). The Morgan fingerprint density at radius 3 is 2.20 bits per heavy atom. The van der Waals surface area contributed by atoms with E-state index < -0.39 is 0 Å². The first kappa shape index (κ1) is 15.0. The second-order valence-electron chi connectivity index (χ2n) is 5.12. The van der Waals surface area contributed by atoms with Gasteiger partial charge in [0.15, 0.2) is 6.29 Å². The van der Waals surface area contributed by atoms with Crippen LogP contribution in [0.25, 0.3) is 10.8 Å². The molecule has 0 fully saturated rings. The topological polar surface area (TPSA) is 30.5 Å². The monoisotopic (exact) mass is 273 g/mol. The summed E-state index contributed by atoms with van der Waals surface area (Å²) in [5.41, 5.74) is 1.27. The highest BCUT2D eigenvalue weighted by Crippen LogP contribution is 2.21. The molecule has 0 aromatic heterocycles. The van der Waals surface area contributed by atoms with Crippen molar-refractivity contribution in [3.05, 3.63) is 48.0 Å². The van der Waals surface area contributed by atoms with E-state index in [9.17, 15) is 0 Å². The zero-order valence-electron chi connectivity index (χ0n) is 12.6. The summed E-state index contributed by atoms with van der Waals surface area (Å²) < 4.78 is 10.6. The zero-order chi connectivity index (χ0) is 14.5. The van der Waals surface area contributed by atoms with Crippen LogP contribution >= 0.6 is 0 Å². The lowest BCUT2D eigenvalue weighted by Gasteiger charge is -2.26. The highest BCUT2D eigenvalue weighted by Gasteiger charge is 2.18. The molecule has 2 unspecified atom stereocenters. The molecule has 0 amide bonds. The van der Waals surface area contributed by atoms with Crippen LogP contribution in [0.1, 0.15) is 25.5 Å². The lowest BCUT2D eigenvalue weighted by molar-refractivity contribution is -0.120. The van der Waals surface area contributed by atoms with Crippen LogP contribution < -0.4 is 5.32 Å². The molecule has 0 bridgehead atoms. The number of rotatable bonds is 6. The molecule has 108 valence electrons. The fourth-order valence-electron chi connectivity index (χ4n) is 2.55. The van der Waals surface area contributed by atoms with E-state index >= 15 is 0 Å². The molecular formula is C17H23NO2. The van der Waals surface area contributed by atoms with Crippen LogP contribution in [0, 0.1) is 0 Å². The standard InChI is InChI=1S/C17H23NO2/c1-12(18-13(2)17(19-3)20-4)15-10-9-14-7-5-6-8-16(14)11-15/h5-13,17-18H,1-4H3. The van der Waals surface area contributed by atoms with Gasteiger partial charge in [0.2, 0.25) is 0 Å². The van der Waals surface area contributed by atoms with Crippen LogP contribution in [0.5, 0.6) is 0 Å². The minimum Gasteiger partial charge on any atom is -0.354 e. The van der Waals surface area contributed by atoms with Crippen molar-refractivity contribution in [2.45, 2.75) is 32.2 Å². The summed E-state index contributed by atoms with van der Waals surface area (Å²) in [6, 6.07) is 15.3. The highest BCUT2D eigenvalue weighted by molar-refractivity contribution is 5.83. The SMILES string of the molecule is COC(OC)C(C)NC(C)c1ccc2ccccc2c1. The molecule has 0 aliphatic carbocycles. The molecular weight excluding hydrogens is 250 g/mol. The van der Waals surface area contributed by atoms with Crippen LogP contribution in [-0.2, 0) is 9.47 Å². The van der Waals surface area contributed by atoms with E-state index in [0.29, 0.717) is 0 Å². The molecule has 0 spiro atoms. The Bertz CT molecular complexity index is 551. The van der Waals surface area contributed by atoms with Gasteiger partial charge in [0.1, 0.15) is 0 Å². The molecule has 3 nitrogen and oxygen atoms in total. The number of hydrogen-bond acceptors (Lipinski definition) is 3. The maximum absolute atomic E-state index is 5.28. The number of fused-ring (bicyclic) bond motifs is 1. The normalized spacial score (nSPS) is 14.7. The number of benzene rings is 2. The first-order chi connectivity index (χ1) is 9.65. The Kier molecular flexibility index (Phi) is 5.12. The summed E-state index contributed by atoms with van der Waals surface area (Å²) in [5.74, 6) is 0. The van der Waals surface area contributed by atoms with Gasteiger partial charge in [-0.1, -0.05) is 36.4 Å². The molecule has 2 aromatic rings. The van der Waals surface area contributed by atoms with Crippen molar-refractivity contribution in [2.75, 3.05) is 14.2 Å². The van der Waals surface area contributed by atoms with Crippen LogP contribution in [0.2, 0.25) is 0 Å². The second-order valence-corrected chi connectivity index (χ2v) is 5.12. The van der Waals surface area contributed by atoms with Crippen molar-refractivity contribution in [2.24, 2.45) is 0 Å². The van der Waals surface area contributed by atoms with E-state index in [1.165, 1.54) is 16.3 Å². The third-order valence-electron chi connectivity index (χ3n) is 3.66. The van der Waals surface area contributed by atoms with Gasteiger partial charge in [-0.25, -0.2) is 0 Å². The summed E-state index contributed by atoms with van der Waals surface area (Å²) in [6.45, 7) is 4.22. The maximum atomic E-state index is 5.28. The largest absolute Gasteiger partial charge is 0.354 e. The fraction of sp³-hybridized carbons (Fsp3) is 0.412. The molecule has 3 heteroatoms. The molecule has 0 heterocycles. The quantitative estimate of drug-likeness (QED) is 0.817. The average Bonchev–Trinajstić information content (AvgIpc) is 2.48. The molecule has 1 N–H and O–H groups in total. The highest BCUT2D eigenvalue weighted by atomic mass is 16.7. The Hall–Kier alpha value is -1.42. The first-order valence-corrected chi connectivity index (χ1v) is 6.96. The molecule has 0 radical (unpaired) electrons. The minimum atomic E-state index is -0.238. The van der Waals surface area contributed by atoms with Crippen molar-refractivity contribution in [3.63, 3.8) is 0 Å². The summed E-state index contributed by atoms with van der Waals surface area (Å²) in [5, 5.41) is 6.04. The van der Waals surface area contributed by atoms with Crippen LogP contribution in [0.15, 0.2) is 42.5 Å². The van der Waals surface area contributed by atoms with E-state index in [-0.39, 0.29) is 18.4 Å². The predicted octanol–water partition coefficient (Wildman–Crippen LogP) is 3.50. The maximum Gasteiger partial charge on any atom is 0.171 e. The van der Waals surface area contributed by atoms with Crippen LogP contribution in [0.4, 0.5) is 0 Å². The van der Waals surface area contributed by atoms with E-state index in [4.69, 9.17) is 9.47 Å². The summed E-state index contributed by atoms with van der Waals surface area (Å²) >= 11 is 0. The summed E-state index contributed by atoms with van der Waals surface area (Å²) in [4.78, 5) is 0. The van der Waals surface area contributed by atoms with Gasteiger partial charge in [-0.3, -0.25) is 0 Å². The van der Waals surface area contributed by atoms with Gasteiger partial charge in [0.25, 0.3) is 0 Å². The Labute approximate surface area is 120 Å². The Balaban J connectivity index is 2.12. The van der Waals surface area contributed by atoms with Gasteiger partial charge in [0.05, 0.1) is 6.04 Å². The van der Waals surface area contributed by atoms with Gasteiger partial charge in [0, 0.05) is 20.3 Å². The predicted molar refractivity (Wildman–Crippen MR) is 82.8 cm³/mol. The van der Waals surface area contributed by atoms with E-state index in [1.54, 1.807) is 14.2 Å². The fourth-order valence-corrected chi connectivity index (χ4v) is 2.55. The first-order valence-electron chi connectivity index (χ1n) is 6.96. The van der Waals surface area contributed by atoms with Gasteiger partial charge < -0.3 is 14.8 Å². The van der Waals surface area contributed by atoms with Crippen molar-refractivity contribution >= 4 is 10.8 Å². The Morgan fingerprint density at radius 1 is 0.900 bits per heavy atom. The smallest absolute Gasteiger partial charge is 0.171 e. The molecule has 0 saturated heterocycles. The third-order valence-corrected chi connectivity index (χ3v) is 3.66. The number of methoxy groups -OCH3 is 2. The van der Waals surface area contributed by atoms with Gasteiger partial charge in [-0.15, -0.1) is 0 Å². The molecule has 2 aromatic carbocycles. The molecule has 2 atom stereocenters. The number of hydrogen-bond donors (Lipinski definition) is 1. The summed E-state index contributed by atoms with van der Waals surface area (Å²) in [6.07, 6.45) is -0.238. The average molecular weight is 273 g/mol. The molecule has 0 saturated carbocycles. The van der Waals surface area contributed by atoms with E-state index in [1.807, 2.05) is 0 Å². The molecule has 0 aliphatic heterocycles. The number of nitrogens with one attached hydrogen (secondary N) is 1. The molecule has 20 heavy (non-hydrogen) atoms. The van der Waals surface area contributed by atoms with E-state index in [0.717, 1.165) is 0 Å². The van der Waals surface area contributed by atoms with Crippen molar-refractivity contribution in [1.82, 2.24) is 5.32 Å². The molecule has 0 aliphatic rings. The van der Waals surface area contributed by atoms with Crippen LogP contribution in [-0.4, -0.2) is 26.6 Å². The third kappa shape index (κ3) is 3.37. The van der Waals surface area contributed by atoms with Crippen molar-refractivity contribution < 1.29 is 9.47 Å². The van der Waals surface area contributed by atoms with Crippen molar-refractivity contribution in [1.29, 1.82) is 0 Å². The lowest BCUT2D eigenvalue weighted by atomic mass is 10.0. The summed E-state index contributed by atoms with van der Waals surface area (Å²) in [7, 11) is 3.32. The van der Waals surface area contributed by atoms with Gasteiger partial charge in [-0.2, -0.15) is 0 Å². The van der Waals surface area contributed by atoms with Crippen LogP contribution in [0.3, 0.4) is 0 Å². The van der Waals surface area contributed by atoms with Gasteiger partial charge in [-0.05, 0) is 36.2 Å².